The molecule has 0 amide bonds. The molecule has 7 nitrogen and oxygen atoms in total. The van der Waals surface area contributed by atoms with Gasteiger partial charge in [0.15, 0.2) is 12.4 Å². The van der Waals surface area contributed by atoms with Crippen molar-refractivity contribution in [3.63, 3.8) is 0 Å². The van der Waals surface area contributed by atoms with E-state index in [0.717, 1.165) is 16.9 Å². The Morgan fingerprint density at radius 2 is 1.75 bits per heavy atom. The minimum atomic E-state index is -3.53. The van der Waals surface area contributed by atoms with Crippen LogP contribution >= 0.6 is 0 Å². The highest BCUT2D eigenvalue weighted by Gasteiger charge is 2.20. The number of benzene rings is 2. The molecule has 0 atom stereocenters. The van der Waals surface area contributed by atoms with E-state index in [9.17, 15) is 8.42 Å². The molecule has 0 unspecified atom stereocenters. The summed E-state index contributed by atoms with van der Waals surface area (Å²) in [6.45, 7) is 4.41. The van der Waals surface area contributed by atoms with Crippen LogP contribution in [0.4, 0.5) is 0 Å². The molecule has 0 saturated carbocycles. The van der Waals surface area contributed by atoms with Crippen molar-refractivity contribution in [1.29, 1.82) is 0 Å². The van der Waals surface area contributed by atoms with Gasteiger partial charge in [-0.25, -0.2) is 12.7 Å². The topological polar surface area (TPSA) is 85.5 Å². The molecule has 2 aromatic carbocycles. The first-order valence-corrected chi connectivity index (χ1v) is 10.3. The summed E-state index contributed by atoms with van der Waals surface area (Å²) >= 11 is 0. The van der Waals surface area contributed by atoms with Crippen molar-refractivity contribution in [3.8, 4) is 5.75 Å². The highest BCUT2D eigenvalue weighted by Crippen LogP contribution is 2.18. The lowest BCUT2D eigenvalue weighted by Gasteiger charge is -2.16. The lowest BCUT2D eigenvalue weighted by atomic mass is 10.1. The molecule has 0 bridgehead atoms. The van der Waals surface area contributed by atoms with E-state index in [1.165, 1.54) is 11.4 Å². The number of rotatable bonds is 8. The second-order valence-corrected chi connectivity index (χ2v) is 8.65. The Hall–Kier alpha value is -2.71. The van der Waals surface area contributed by atoms with Gasteiger partial charge < -0.3 is 9.26 Å². The number of hydrogen-bond acceptors (Lipinski definition) is 6. The predicted octanol–water partition coefficient (Wildman–Crippen LogP) is 3.13. The lowest BCUT2D eigenvalue weighted by Crippen LogP contribution is -2.29. The summed E-state index contributed by atoms with van der Waals surface area (Å²) in [7, 11) is -2.00. The second kappa shape index (κ2) is 8.53. The standard InChI is InChI=1S/C20H23N3O4S/c1-15-11-16(2)13-17(12-15)26-14-20-21-19(22-27-20)9-10-23(3)28(24,25)18-7-5-4-6-8-18/h4-8,11-13H,9-10,14H2,1-3H3. The number of nitrogens with zero attached hydrogens (tertiary/aromatic N) is 3. The first-order valence-electron chi connectivity index (χ1n) is 8.88. The van der Waals surface area contributed by atoms with Gasteiger partial charge >= 0.3 is 0 Å². The minimum Gasteiger partial charge on any atom is -0.484 e. The molecule has 0 radical (unpaired) electrons. The van der Waals surface area contributed by atoms with Gasteiger partial charge in [0.1, 0.15) is 5.75 Å². The third kappa shape index (κ3) is 4.96. The highest BCUT2D eigenvalue weighted by molar-refractivity contribution is 7.89. The molecule has 1 aromatic heterocycles. The maximum Gasteiger partial charge on any atom is 0.264 e. The molecule has 8 heteroatoms. The smallest absolute Gasteiger partial charge is 0.264 e. The van der Waals surface area contributed by atoms with Crippen molar-refractivity contribution < 1.29 is 17.7 Å². The largest absolute Gasteiger partial charge is 0.484 e. The number of ether oxygens (including phenoxy) is 1. The zero-order valence-electron chi connectivity index (χ0n) is 16.1. The molecule has 0 aliphatic carbocycles. The Bertz CT molecular complexity index is 1010. The maximum absolute atomic E-state index is 12.5. The monoisotopic (exact) mass is 401 g/mol. The normalized spacial score (nSPS) is 11.7. The number of aryl methyl sites for hydroxylation is 2. The van der Waals surface area contributed by atoms with Crippen molar-refractivity contribution in [3.05, 3.63) is 71.4 Å². The summed E-state index contributed by atoms with van der Waals surface area (Å²) in [5.74, 6) is 1.53. The Morgan fingerprint density at radius 1 is 1.07 bits per heavy atom. The first-order chi connectivity index (χ1) is 13.3. The molecule has 148 valence electrons. The van der Waals surface area contributed by atoms with Gasteiger partial charge in [-0.1, -0.05) is 29.4 Å². The van der Waals surface area contributed by atoms with Crippen LogP contribution in [0.1, 0.15) is 22.8 Å². The molecule has 1 heterocycles. The summed E-state index contributed by atoms with van der Waals surface area (Å²) in [6.07, 6.45) is 0.343. The Labute approximate surface area is 165 Å². The molecule has 3 rings (SSSR count). The van der Waals surface area contributed by atoms with Crippen molar-refractivity contribution in [2.75, 3.05) is 13.6 Å². The zero-order chi connectivity index (χ0) is 20.1. The molecule has 3 aromatic rings. The van der Waals surface area contributed by atoms with E-state index in [1.807, 2.05) is 26.0 Å². The molecule has 0 fully saturated rings. The quantitative estimate of drug-likeness (QED) is 0.576. The molecular formula is C20H23N3O4S. The van der Waals surface area contributed by atoms with Crippen LogP contribution in [0.3, 0.4) is 0 Å². The van der Waals surface area contributed by atoms with Crippen molar-refractivity contribution in [2.24, 2.45) is 0 Å². The van der Waals surface area contributed by atoms with Gasteiger partial charge in [0.2, 0.25) is 10.0 Å². The summed E-state index contributed by atoms with van der Waals surface area (Å²) in [4.78, 5) is 4.53. The van der Waals surface area contributed by atoms with E-state index in [1.54, 1.807) is 30.3 Å². The summed E-state index contributed by atoms with van der Waals surface area (Å²) < 4.78 is 37.2. The third-order valence-corrected chi connectivity index (χ3v) is 6.04. The molecule has 0 spiro atoms. The fourth-order valence-electron chi connectivity index (χ4n) is 2.76. The van der Waals surface area contributed by atoms with E-state index in [4.69, 9.17) is 9.26 Å². The van der Waals surface area contributed by atoms with Crippen molar-refractivity contribution >= 4 is 10.0 Å². The lowest BCUT2D eigenvalue weighted by molar-refractivity contribution is 0.242. The number of likely N-dealkylation sites (N-methyl/N-ethyl adjacent to an activating group) is 1. The van der Waals surface area contributed by atoms with Crippen LogP contribution < -0.4 is 4.74 Å². The fraction of sp³-hybridized carbons (Fsp3) is 0.300. The minimum absolute atomic E-state index is 0.161. The van der Waals surface area contributed by atoms with Gasteiger partial charge in [0.25, 0.3) is 5.89 Å². The van der Waals surface area contributed by atoms with Gasteiger partial charge in [-0.2, -0.15) is 4.98 Å². The van der Waals surface area contributed by atoms with Crippen molar-refractivity contribution in [1.82, 2.24) is 14.4 Å². The molecule has 0 aliphatic heterocycles. The molecule has 0 saturated heterocycles. The summed E-state index contributed by atoms with van der Waals surface area (Å²) in [5.41, 5.74) is 2.23. The van der Waals surface area contributed by atoms with Gasteiger partial charge in [-0.05, 0) is 49.2 Å². The van der Waals surface area contributed by atoms with Gasteiger partial charge in [-0.3, -0.25) is 0 Å². The molecular weight excluding hydrogens is 378 g/mol. The Morgan fingerprint density at radius 3 is 2.43 bits per heavy atom. The van der Waals surface area contributed by atoms with Crippen LogP contribution in [0.5, 0.6) is 5.75 Å². The Kier molecular flexibility index (Phi) is 6.11. The van der Waals surface area contributed by atoms with Crippen LogP contribution in [-0.2, 0) is 23.1 Å². The van der Waals surface area contributed by atoms with Crippen LogP contribution in [-0.4, -0.2) is 36.5 Å². The van der Waals surface area contributed by atoms with E-state index in [2.05, 4.69) is 16.2 Å². The first kappa shape index (κ1) is 20.0. The van der Waals surface area contributed by atoms with E-state index in [-0.39, 0.29) is 18.0 Å². The fourth-order valence-corrected chi connectivity index (χ4v) is 3.95. The number of hydrogen-bond donors (Lipinski definition) is 0. The van der Waals surface area contributed by atoms with Gasteiger partial charge in [0, 0.05) is 20.0 Å². The molecule has 28 heavy (non-hydrogen) atoms. The summed E-state index contributed by atoms with van der Waals surface area (Å²) in [6, 6.07) is 14.3. The molecule has 0 N–H and O–H groups in total. The SMILES string of the molecule is Cc1cc(C)cc(OCc2nc(CCN(C)S(=O)(=O)c3ccccc3)no2)c1. The van der Waals surface area contributed by atoms with Crippen LogP contribution in [0.2, 0.25) is 0 Å². The average Bonchev–Trinajstić information content (AvgIpc) is 3.12. The average molecular weight is 401 g/mol. The van der Waals surface area contributed by atoms with Gasteiger partial charge in [0.05, 0.1) is 4.90 Å². The highest BCUT2D eigenvalue weighted by atomic mass is 32.2. The Balaban J connectivity index is 1.56. The van der Waals surface area contributed by atoms with E-state index >= 15 is 0 Å². The maximum atomic E-state index is 12.5. The molecule has 0 aliphatic rings. The zero-order valence-corrected chi connectivity index (χ0v) is 16.9. The number of aromatic nitrogens is 2. The second-order valence-electron chi connectivity index (χ2n) is 6.61. The van der Waals surface area contributed by atoms with Crippen molar-refractivity contribution in [2.45, 2.75) is 31.8 Å². The van der Waals surface area contributed by atoms with Crippen LogP contribution in [0, 0.1) is 13.8 Å². The summed E-state index contributed by atoms with van der Waals surface area (Å²) in [5, 5.41) is 3.90. The third-order valence-electron chi connectivity index (χ3n) is 4.17. The van der Waals surface area contributed by atoms with Crippen LogP contribution in [0.25, 0.3) is 0 Å². The number of sulfonamides is 1. The van der Waals surface area contributed by atoms with Gasteiger partial charge in [-0.15, -0.1) is 0 Å². The van der Waals surface area contributed by atoms with E-state index in [0.29, 0.717) is 18.1 Å². The van der Waals surface area contributed by atoms with E-state index < -0.39 is 10.0 Å². The van der Waals surface area contributed by atoms with Crippen LogP contribution in [0.15, 0.2) is 57.9 Å². The predicted molar refractivity (Wildman–Crippen MR) is 105 cm³/mol.